The number of aliphatic imine (C=N–C) groups is 1. The quantitative estimate of drug-likeness (QED) is 0.660. The van der Waals surface area contributed by atoms with E-state index in [1.807, 2.05) is 13.8 Å². The Hall–Kier alpha value is -1.78. The second kappa shape index (κ2) is 5.47. The lowest BCUT2D eigenvalue weighted by Gasteiger charge is -2.30. The number of carbonyl (C=O) groups excluding carboxylic acids is 2. The molecular weight excluding hydrogens is 242 g/mol. The van der Waals surface area contributed by atoms with Crippen LogP contribution in [0.25, 0.3) is 0 Å². The normalized spacial score (nSPS) is 20.3. The zero-order valence-electron chi connectivity index (χ0n) is 11.3. The van der Waals surface area contributed by atoms with E-state index in [0.29, 0.717) is 19.4 Å². The summed E-state index contributed by atoms with van der Waals surface area (Å²) in [4.78, 5) is 34.9. The van der Waals surface area contributed by atoms with Gasteiger partial charge in [0, 0.05) is 43.9 Å². The first kappa shape index (κ1) is 13.6. The Morgan fingerprint density at radius 2 is 2.11 bits per heavy atom. The molecule has 1 fully saturated rings. The molecule has 1 aliphatic rings. The van der Waals surface area contributed by atoms with Crippen molar-refractivity contribution < 1.29 is 9.59 Å². The molecule has 5 nitrogen and oxygen atoms in total. The van der Waals surface area contributed by atoms with Gasteiger partial charge < -0.3 is 4.98 Å². The van der Waals surface area contributed by atoms with Gasteiger partial charge in [0.25, 0.3) is 0 Å². The third-order valence-corrected chi connectivity index (χ3v) is 3.32. The topological polar surface area (TPSA) is 75.2 Å². The van der Waals surface area contributed by atoms with Gasteiger partial charge in [-0.15, -0.1) is 0 Å². The Labute approximate surface area is 112 Å². The van der Waals surface area contributed by atoms with Gasteiger partial charge >= 0.3 is 0 Å². The molecule has 19 heavy (non-hydrogen) atoms. The predicted octanol–water partition coefficient (Wildman–Crippen LogP) is 1.60. The van der Waals surface area contributed by atoms with E-state index in [9.17, 15) is 9.59 Å². The van der Waals surface area contributed by atoms with Gasteiger partial charge in [0.15, 0.2) is 0 Å². The number of ketones is 2. The molecule has 0 atom stereocenters. The van der Waals surface area contributed by atoms with Crippen LogP contribution in [0, 0.1) is 11.3 Å². The minimum Gasteiger partial charge on any atom is -0.348 e. The number of nitrogens with zero attached hydrogens (tertiary/aromatic N) is 2. The summed E-state index contributed by atoms with van der Waals surface area (Å²) in [7, 11) is 0. The van der Waals surface area contributed by atoms with Gasteiger partial charge in [0.1, 0.15) is 17.5 Å². The van der Waals surface area contributed by atoms with Gasteiger partial charge in [-0.1, -0.05) is 13.8 Å². The van der Waals surface area contributed by atoms with Gasteiger partial charge in [-0.2, -0.15) is 0 Å². The number of aromatic amines is 1. The van der Waals surface area contributed by atoms with Gasteiger partial charge in [-0.25, -0.2) is 4.98 Å². The number of hydrogen-bond donors (Lipinski definition) is 1. The molecule has 0 amide bonds. The highest BCUT2D eigenvalue weighted by atomic mass is 16.2. The fourth-order valence-corrected chi connectivity index (χ4v) is 2.36. The summed E-state index contributed by atoms with van der Waals surface area (Å²) in [6, 6.07) is 0. The van der Waals surface area contributed by atoms with Crippen LogP contribution in [-0.4, -0.2) is 34.3 Å². The third-order valence-electron chi connectivity index (χ3n) is 3.32. The van der Waals surface area contributed by atoms with Gasteiger partial charge in [0.2, 0.25) is 0 Å². The predicted molar refractivity (Wildman–Crippen MR) is 72.2 cm³/mol. The summed E-state index contributed by atoms with van der Waals surface area (Å²) in [6.45, 7) is 4.46. The van der Waals surface area contributed by atoms with Crippen molar-refractivity contribution in [1.82, 2.24) is 9.97 Å². The zero-order chi connectivity index (χ0) is 13.9. The van der Waals surface area contributed by atoms with Crippen LogP contribution in [0.2, 0.25) is 0 Å². The van der Waals surface area contributed by atoms with E-state index in [1.54, 1.807) is 12.5 Å². The average Bonchev–Trinajstić information content (AvgIpc) is 2.78. The van der Waals surface area contributed by atoms with Crippen LogP contribution in [0.15, 0.2) is 17.5 Å². The summed E-state index contributed by atoms with van der Waals surface area (Å²) in [5.74, 6) is -0.645. The first-order chi connectivity index (χ1) is 8.98. The lowest BCUT2D eigenvalue weighted by molar-refractivity contribution is -0.136. The van der Waals surface area contributed by atoms with Crippen molar-refractivity contribution in [3.8, 4) is 0 Å². The molecule has 0 radical (unpaired) electrons. The molecule has 1 aromatic rings. The Morgan fingerprint density at radius 1 is 1.42 bits per heavy atom. The average molecular weight is 261 g/mol. The first-order valence-corrected chi connectivity index (χ1v) is 6.50. The van der Waals surface area contributed by atoms with Crippen LogP contribution in [0.5, 0.6) is 0 Å². The van der Waals surface area contributed by atoms with Crippen molar-refractivity contribution in [2.24, 2.45) is 16.3 Å². The smallest absolute Gasteiger partial charge is 0.149 e. The highest BCUT2D eigenvalue weighted by Crippen LogP contribution is 2.33. The Morgan fingerprint density at radius 3 is 2.68 bits per heavy atom. The van der Waals surface area contributed by atoms with Crippen LogP contribution >= 0.6 is 0 Å². The maximum Gasteiger partial charge on any atom is 0.149 e. The molecule has 0 aromatic carbocycles. The van der Waals surface area contributed by atoms with E-state index < -0.39 is 5.92 Å². The highest BCUT2D eigenvalue weighted by molar-refractivity contribution is 6.16. The van der Waals surface area contributed by atoms with E-state index in [-0.39, 0.29) is 17.0 Å². The SMILES string of the molecule is CC1(C)CC(=O)C(C=NCCc2cnc[nH]2)C(=O)C1. The van der Waals surface area contributed by atoms with Gasteiger partial charge in [-0.3, -0.25) is 14.6 Å². The lowest BCUT2D eigenvalue weighted by atomic mass is 9.72. The highest BCUT2D eigenvalue weighted by Gasteiger charge is 2.38. The van der Waals surface area contributed by atoms with Gasteiger partial charge in [-0.05, 0) is 5.41 Å². The number of rotatable bonds is 4. The molecule has 0 saturated heterocycles. The van der Waals surface area contributed by atoms with E-state index in [0.717, 1.165) is 12.1 Å². The molecule has 1 aromatic heterocycles. The van der Waals surface area contributed by atoms with Crippen LogP contribution in [0.4, 0.5) is 0 Å². The Bertz CT molecular complexity index is 469. The minimum atomic E-state index is -0.630. The number of aromatic nitrogens is 2. The molecule has 2 rings (SSSR count). The van der Waals surface area contributed by atoms with E-state index in [1.165, 1.54) is 6.21 Å². The molecule has 0 aliphatic heterocycles. The van der Waals surface area contributed by atoms with Gasteiger partial charge in [0.05, 0.1) is 6.33 Å². The van der Waals surface area contributed by atoms with Crippen LogP contribution in [0.1, 0.15) is 32.4 Å². The molecule has 5 heteroatoms. The maximum atomic E-state index is 11.9. The summed E-state index contributed by atoms with van der Waals surface area (Å²) in [5.41, 5.74) is 0.800. The number of nitrogens with one attached hydrogen (secondary N) is 1. The van der Waals surface area contributed by atoms with Crippen molar-refractivity contribution >= 4 is 17.8 Å². The van der Waals surface area contributed by atoms with E-state index in [2.05, 4.69) is 15.0 Å². The molecule has 0 spiro atoms. The first-order valence-electron chi connectivity index (χ1n) is 6.50. The van der Waals surface area contributed by atoms with Crippen molar-refractivity contribution in [3.63, 3.8) is 0 Å². The van der Waals surface area contributed by atoms with Crippen LogP contribution in [-0.2, 0) is 16.0 Å². The lowest BCUT2D eigenvalue weighted by Crippen LogP contribution is -2.38. The third kappa shape index (κ3) is 3.59. The molecule has 1 saturated carbocycles. The molecule has 0 bridgehead atoms. The van der Waals surface area contributed by atoms with Crippen LogP contribution < -0.4 is 0 Å². The Balaban J connectivity index is 1.88. The second-order valence-electron chi connectivity index (χ2n) is 5.81. The number of carbonyl (C=O) groups is 2. The van der Waals surface area contributed by atoms with E-state index in [4.69, 9.17) is 0 Å². The molecule has 1 heterocycles. The molecule has 102 valence electrons. The standard InChI is InChI=1S/C14H19N3O2/c1-14(2)5-12(18)11(13(19)6-14)8-15-4-3-10-7-16-9-17-10/h7-9,11H,3-6H2,1-2H3,(H,16,17). The fraction of sp³-hybridized carbons (Fsp3) is 0.571. The number of Topliss-reactive ketones (excluding diaryl/α,β-unsaturated/α-hetero) is 2. The number of hydrogen-bond acceptors (Lipinski definition) is 4. The minimum absolute atomic E-state index is 0.00783. The monoisotopic (exact) mass is 261 g/mol. The van der Waals surface area contributed by atoms with Crippen LogP contribution in [0.3, 0.4) is 0 Å². The molecule has 0 unspecified atom stereocenters. The van der Waals surface area contributed by atoms with E-state index >= 15 is 0 Å². The zero-order valence-corrected chi connectivity index (χ0v) is 11.3. The van der Waals surface area contributed by atoms with Crippen molar-refractivity contribution in [1.29, 1.82) is 0 Å². The molecular formula is C14H19N3O2. The summed E-state index contributed by atoms with van der Waals surface area (Å²) < 4.78 is 0. The molecule has 1 N–H and O–H groups in total. The van der Waals surface area contributed by atoms with Crippen molar-refractivity contribution in [3.05, 3.63) is 18.2 Å². The van der Waals surface area contributed by atoms with Crippen molar-refractivity contribution in [2.75, 3.05) is 6.54 Å². The maximum absolute atomic E-state index is 11.9. The largest absolute Gasteiger partial charge is 0.348 e. The second-order valence-corrected chi connectivity index (χ2v) is 5.81. The number of H-pyrrole nitrogens is 1. The summed E-state index contributed by atoms with van der Waals surface area (Å²) >= 11 is 0. The summed E-state index contributed by atoms with van der Waals surface area (Å²) in [6.07, 6.45) is 6.53. The summed E-state index contributed by atoms with van der Waals surface area (Å²) in [5, 5.41) is 0. The number of imidazole rings is 1. The van der Waals surface area contributed by atoms with Crippen molar-refractivity contribution in [2.45, 2.75) is 33.1 Å². The Kier molecular flexibility index (Phi) is 3.93. The molecule has 1 aliphatic carbocycles. The fourth-order valence-electron chi connectivity index (χ4n) is 2.36.